The highest BCUT2D eigenvalue weighted by Crippen LogP contribution is 2.32. The monoisotopic (exact) mass is 369 g/mol. The summed E-state index contributed by atoms with van der Waals surface area (Å²) in [5, 5.41) is 0. The van der Waals surface area contributed by atoms with Crippen molar-refractivity contribution in [2.45, 2.75) is 76.8 Å². The zero-order valence-electron chi connectivity index (χ0n) is 16.5. The molecule has 0 unspecified atom stereocenters. The summed E-state index contributed by atoms with van der Waals surface area (Å²) in [5.41, 5.74) is 5.18. The van der Waals surface area contributed by atoms with Crippen LogP contribution in [0.2, 0.25) is 25.7 Å². The van der Waals surface area contributed by atoms with Gasteiger partial charge in [0, 0.05) is 27.3 Å². The van der Waals surface area contributed by atoms with Gasteiger partial charge in [-0.25, -0.2) is 9.69 Å². The van der Waals surface area contributed by atoms with E-state index < -0.39 is 13.6 Å². The van der Waals surface area contributed by atoms with Gasteiger partial charge in [0.2, 0.25) is 0 Å². The van der Waals surface area contributed by atoms with Crippen molar-refractivity contribution in [2.75, 3.05) is 19.9 Å². The van der Waals surface area contributed by atoms with Crippen molar-refractivity contribution in [2.24, 2.45) is 11.7 Å². The Bertz CT molecular complexity index is 496. The lowest BCUT2D eigenvalue weighted by atomic mass is 9.85. The van der Waals surface area contributed by atoms with Gasteiger partial charge in [0.05, 0.1) is 0 Å². The van der Waals surface area contributed by atoms with Crippen LogP contribution in [0.25, 0.3) is 0 Å². The van der Waals surface area contributed by atoms with Crippen LogP contribution in [0.15, 0.2) is 0 Å². The standard InChI is InChI=1S/C18H35N3O3Si/c1-18(2)16(22)20(13-24-10-11-25(3,4)5)17(23)21(18)12-14-6-8-15(19)9-7-14/h14-15H,6-13,19H2,1-5H3. The Kier molecular flexibility index (Phi) is 6.33. The number of nitrogens with two attached hydrogens (primary N) is 1. The number of carbonyl (C=O) groups excluding carboxylic acids is 2. The SMILES string of the molecule is CC1(C)C(=O)N(COCC[Si](C)(C)C)C(=O)N1CC1CCC(N)CC1. The molecule has 0 aromatic carbocycles. The number of carbonyl (C=O) groups is 2. The number of hydrogen-bond donors (Lipinski definition) is 1. The molecule has 3 amide bonds. The molecule has 7 heteroatoms. The van der Waals surface area contributed by atoms with Crippen molar-refractivity contribution >= 4 is 20.0 Å². The molecule has 0 aromatic rings. The van der Waals surface area contributed by atoms with Crippen LogP contribution >= 0.6 is 0 Å². The first-order valence-electron chi connectivity index (χ1n) is 9.49. The molecule has 0 spiro atoms. The van der Waals surface area contributed by atoms with Gasteiger partial charge < -0.3 is 15.4 Å². The normalized spacial score (nSPS) is 27.3. The van der Waals surface area contributed by atoms with Gasteiger partial charge in [-0.2, -0.15) is 0 Å². The first-order valence-corrected chi connectivity index (χ1v) is 13.2. The van der Waals surface area contributed by atoms with Crippen LogP contribution in [0.3, 0.4) is 0 Å². The van der Waals surface area contributed by atoms with Gasteiger partial charge in [0.15, 0.2) is 0 Å². The average Bonchev–Trinajstić information content (AvgIpc) is 2.66. The van der Waals surface area contributed by atoms with Gasteiger partial charge in [-0.15, -0.1) is 0 Å². The highest BCUT2D eigenvalue weighted by atomic mass is 28.3. The van der Waals surface area contributed by atoms with Gasteiger partial charge in [0.25, 0.3) is 5.91 Å². The third-order valence-corrected chi connectivity index (χ3v) is 7.16. The summed E-state index contributed by atoms with van der Waals surface area (Å²) in [6.45, 7) is 11.8. The molecule has 0 bridgehead atoms. The number of ether oxygens (including phenoxy) is 1. The highest BCUT2D eigenvalue weighted by molar-refractivity contribution is 6.76. The minimum absolute atomic E-state index is 0.0671. The summed E-state index contributed by atoms with van der Waals surface area (Å²) in [7, 11) is -1.18. The molecule has 144 valence electrons. The Hall–Kier alpha value is -0.923. The number of urea groups is 1. The van der Waals surface area contributed by atoms with Crippen molar-refractivity contribution in [1.82, 2.24) is 9.80 Å². The maximum atomic E-state index is 12.8. The molecule has 2 aliphatic rings. The maximum Gasteiger partial charge on any atom is 0.329 e. The molecule has 1 saturated carbocycles. The highest BCUT2D eigenvalue weighted by Gasteiger charge is 2.51. The molecule has 0 aromatic heterocycles. The third kappa shape index (κ3) is 5.05. The molecule has 2 fully saturated rings. The Morgan fingerprint density at radius 2 is 1.76 bits per heavy atom. The third-order valence-electron chi connectivity index (χ3n) is 5.45. The van der Waals surface area contributed by atoms with Crippen LogP contribution in [-0.2, 0) is 9.53 Å². The molecule has 2 rings (SSSR count). The molecule has 25 heavy (non-hydrogen) atoms. The lowest BCUT2D eigenvalue weighted by Crippen LogP contribution is -2.47. The van der Waals surface area contributed by atoms with Gasteiger partial charge >= 0.3 is 6.03 Å². The van der Waals surface area contributed by atoms with E-state index in [0.29, 0.717) is 19.1 Å². The van der Waals surface area contributed by atoms with Crippen molar-refractivity contribution in [1.29, 1.82) is 0 Å². The molecule has 0 atom stereocenters. The lowest BCUT2D eigenvalue weighted by Gasteiger charge is -2.34. The number of nitrogens with zero attached hydrogens (tertiary/aromatic N) is 2. The van der Waals surface area contributed by atoms with E-state index in [0.717, 1.165) is 31.7 Å². The number of imide groups is 1. The van der Waals surface area contributed by atoms with Crippen molar-refractivity contribution in [3.05, 3.63) is 0 Å². The number of rotatable bonds is 7. The Morgan fingerprint density at radius 3 is 2.32 bits per heavy atom. The van der Waals surface area contributed by atoms with E-state index >= 15 is 0 Å². The fourth-order valence-electron chi connectivity index (χ4n) is 3.50. The fraction of sp³-hybridized carbons (Fsp3) is 0.889. The Morgan fingerprint density at radius 1 is 1.16 bits per heavy atom. The Labute approximate surface area is 153 Å². The summed E-state index contributed by atoms with van der Waals surface area (Å²) in [6.07, 6.45) is 4.07. The fourth-order valence-corrected chi connectivity index (χ4v) is 4.26. The number of amides is 3. The largest absolute Gasteiger partial charge is 0.361 e. The molecule has 1 saturated heterocycles. The summed E-state index contributed by atoms with van der Waals surface area (Å²) < 4.78 is 5.66. The summed E-state index contributed by atoms with van der Waals surface area (Å²) in [6, 6.07) is 1.10. The smallest absolute Gasteiger partial charge is 0.329 e. The van der Waals surface area contributed by atoms with Gasteiger partial charge in [0.1, 0.15) is 12.3 Å². The van der Waals surface area contributed by atoms with Gasteiger partial charge in [-0.3, -0.25) is 4.79 Å². The maximum absolute atomic E-state index is 12.8. The van der Waals surface area contributed by atoms with Crippen LogP contribution < -0.4 is 5.73 Å². The summed E-state index contributed by atoms with van der Waals surface area (Å²) in [5.74, 6) is 0.279. The van der Waals surface area contributed by atoms with E-state index in [1.807, 2.05) is 13.8 Å². The van der Waals surface area contributed by atoms with Crippen molar-refractivity contribution < 1.29 is 14.3 Å². The van der Waals surface area contributed by atoms with Gasteiger partial charge in [-0.05, 0) is 51.5 Å². The lowest BCUT2D eigenvalue weighted by molar-refractivity contribution is -0.135. The summed E-state index contributed by atoms with van der Waals surface area (Å²) in [4.78, 5) is 28.5. The van der Waals surface area contributed by atoms with Crippen LogP contribution in [-0.4, -0.2) is 61.3 Å². The molecule has 1 heterocycles. The molecular weight excluding hydrogens is 334 g/mol. The van der Waals surface area contributed by atoms with E-state index in [2.05, 4.69) is 19.6 Å². The predicted molar refractivity (Wildman–Crippen MR) is 102 cm³/mol. The van der Waals surface area contributed by atoms with Crippen LogP contribution in [0.1, 0.15) is 39.5 Å². The second-order valence-electron chi connectivity index (χ2n) is 9.31. The molecule has 6 nitrogen and oxygen atoms in total. The quantitative estimate of drug-likeness (QED) is 0.425. The molecule has 1 aliphatic carbocycles. The first-order chi connectivity index (χ1) is 11.5. The molecule has 1 aliphatic heterocycles. The minimum atomic E-state index is -1.18. The molecule has 0 radical (unpaired) electrons. The second kappa shape index (κ2) is 7.76. The van der Waals surface area contributed by atoms with Crippen molar-refractivity contribution in [3.63, 3.8) is 0 Å². The molecular formula is C18H35N3O3Si. The van der Waals surface area contributed by atoms with E-state index in [1.165, 1.54) is 4.90 Å². The van der Waals surface area contributed by atoms with Crippen molar-refractivity contribution in [3.8, 4) is 0 Å². The van der Waals surface area contributed by atoms with Crippen LogP contribution in [0.5, 0.6) is 0 Å². The predicted octanol–water partition coefficient (Wildman–Crippen LogP) is 2.86. The van der Waals surface area contributed by atoms with E-state index in [4.69, 9.17) is 10.5 Å². The van der Waals surface area contributed by atoms with Crippen LogP contribution in [0.4, 0.5) is 4.79 Å². The van der Waals surface area contributed by atoms with E-state index in [9.17, 15) is 9.59 Å². The summed E-state index contributed by atoms with van der Waals surface area (Å²) >= 11 is 0. The van der Waals surface area contributed by atoms with E-state index in [1.54, 1.807) is 4.90 Å². The molecule has 2 N–H and O–H groups in total. The van der Waals surface area contributed by atoms with E-state index in [-0.39, 0.29) is 24.7 Å². The van der Waals surface area contributed by atoms with Gasteiger partial charge in [-0.1, -0.05) is 19.6 Å². The average molecular weight is 370 g/mol. The zero-order valence-corrected chi connectivity index (χ0v) is 17.5. The first kappa shape index (κ1) is 20.4. The second-order valence-corrected chi connectivity index (χ2v) is 14.9. The zero-order chi connectivity index (χ0) is 18.8. The minimum Gasteiger partial charge on any atom is -0.361 e. The number of hydrogen-bond acceptors (Lipinski definition) is 4. The van der Waals surface area contributed by atoms with Crippen LogP contribution in [0, 0.1) is 5.92 Å². The topological polar surface area (TPSA) is 75.9 Å². The Balaban J connectivity index is 1.93.